The average Bonchev–Trinajstić information content (AvgIpc) is 2.65. The van der Waals surface area contributed by atoms with Gasteiger partial charge in [0, 0.05) is 12.2 Å². The second-order valence-corrected chi connectivity index (χ2v) is 6.96. The van der Waals surface area contributed by atoms with Crippen LogP contribution in [0.1, 0.15) is 26.7 Å². The van der Waals surface area contributed by atoms with E-state index in [1.807, 2.05) is 0 Å². The van der Waals surface area contributed by atoms with Crippen LogP contribution >= 0.6 is 12.6 Å². The Morgan fingerprint density at radius 3 is 1.86 bits per heavy atom. The molecule has 0 spiro atoms. The predicted octanol–water partition coefficient (Wildman–Crippen LogP) is -2.70. The monoisotopic (exact) mass is 436 g/mol. The molecule has 12 nitrogen and oxygen atoms in total. The predicted molar refractivity (Wildman–Crippen MR) is 104 cm³/mol. The van der Waals surface area contributed by atoms with Crippen molar-refractivity contribution in [1.82, 2.24) is 16.0 Å². The van der Waals surface area contributed by atoms with Crippen LogP contribution in [0.2, 0.25) is 0 Å². The van der Waals surface area contributed by atoms with Gasteiger partial charge in [-0.1, -0.05) is 13.8 Å². The number of thiol groups is 1. The van der Waals surface area contributed by atoms with Gasteiger partial charge in [-0.15, -0.1) is 0 Å². The molecule has 0 aromatic rings. The third-order valence-corrected chi connectivity index (χ3v) is 4.25. The van der Waals surface area contributed by atoms with Crippen LogP contribution in [0.15, 0.2) is 0 Å². The minimum atomic E-state index is -1.45. The summed E-state index contributed by atoms with van der Waals surface area (Å²) in [5.41, 5.74) is 5.47. The van der Waals surface area contributed by atoms with Crippen molar-refractivity contribution in [2.45, 2.75) is 50.9 Å². The van der Waals surface area contributed by atoms with Crippen molar-refractivity contribution in [2.24, 2.45) is 11.7 Å². The van der Waals surface area contributed by atoms with E-state index in [0.29, 0.717) is 0 Å². The van der Waals surface area contributed by atoms with Crippen molar-refractivity contribution >= 4 is 42.3 Å². The number of carboxylic acids is 2. The lowest BCUT2D eigenvalue weighted by atomic mass is 10.0. The summed E-state index contributed by atoms with van der Waals surface area (Å²) in [6.07, 6.45) is -0.821. The van der Waals surface area contributed by atoms with E-state index in [1.54, 1.807) is 13.8 Å². The number of aliphatic hydroxyl groups is 1. The van der Waals surface area contributed by atoms with E-state index < -0.39 is 72.8 Å². The molecule has 0 aromatic carbocycles. The number of hydrogen-bond acceptors (Lipinski definition) is 8. The van der Waals surface area contributed by atoms with E-state index in [-0.39, 0.29) is 12.2 Å². The van der Waals surface area contributed by atoms with Crippen LogP contribution in [0.25, 0.3) is 0 Å². The normalized spacial score (nSPS) is 15.0. The summed E-state index contributed by atoms with van der Waals surface area (Å²) in [6, 6.07) is -5.14. The summed E-state index contributed by atoms with van der Waals surface area (Å²) < 4.78 is 0. The summed E-state index contributed by atoms with van der Waals surface area (Å²) in [4.78, 5) is 58.7. The fraction of sp³-hybridized carbons (Fsp3) is 0.688. The molecule has 4 atom stereocenters. The van der Waals surface area contributed by atoms with Crippen molar-refractivity contribution < 1.29 is 39.3 Å². The van der Waals surface area contributed by atoms with Crippen molar-refractivity contribution in [3.8, 4) is 0 Å². The highest BCUT2D eigenvalue weighted by molar-refractivity contribution is 7.80. The number of carbonyl (C=O) groups excluding carboxylic acids is 3. The highest BCUT2D eigenvalue weighted by atomic mass is 32.1. The van der Waals surface area contributed by atoms with Gasteiger partial charge in [-0.25, -0.2) is 4.79 Å². The van der Waals surface area contributed by atoms with E-state index in [4.69, 9.17) is 10.8 Å². The van der Waals surface area contributed by atoms with E-state index >= 15 is 0 Å². The number of aliphatic carboxylic acids is 2. The van der Waals surface area contributed by atoms with Crippen LogP contribution in [0, 0.1) is 5.92 Å². The first-order chi connectivity index (χ1) is 13.4. The summed E-state index contributed by atoms with van der Waals surface area (Å²) in [7, 11) is 0. The van der Waals surface area contributed by atoms with Gasteiger partial charge in [-0.3, -0.25) is 19.2 Å². The third kappa shape index (κ3) is 9.58. The minimum absolute atomic E-state index is 0.0129. The summed E-state index contributed by atoms with van der Waals surface area (Å²) in [5.74, 6) is -5.64. The molecule has 0 aliphatic heterocycles. The van der Waals surface area contributed by atoms with Gasteiger partial charge in [0.05, 0.1) is 12.6 Å². The highest BCUT2D eigenvalue weighted by Gasteiger charge is 2.31. The van der Waals surface area contributed by atoms with Gasteiger partial charge in [0.1, 0.15) is 18.1 Å². The van der Waals surface area contributed by atoms with Crippen LogP contribution in [0.5, 0.6) is 0 Å². The lowest BCUT2D eigenvalue weighted by Gasteiger charge is -2.25. The van der Waals surface area contributed by atoms with Gasteiger partial charge < -0.3 is 37.0 Å². The number of rotatable bonds is 13. The Morgan fingerprint density at radius 2 is 1.45 bits per heavy atom. The fourth-order valence-corrected chi connectivity index (χ4v) is 2.30. The zero-order valence-corrected chi connectivity index (χ0v) is 17.0. The maximum Gasteiger partial charge on any atom is 0.326 e. The van der Waals surface area contributed by atoms with Crippen LogP contribution < -0.4 is 21.7 Å². The van der Waals surface area contributed by atoms with E-state index in [9.17, 15) is 34.2 Å². The molecule has 13 heteroatoms. The molecule has 0 heterocycles. The Balaban J connectivity index is 5.30. The number of aliphatic hydroxyl groups excluding tert-OH is 1. The Hall–Kier alpha value is -2.38. The Morgan fingerprint density at radius 1 is 0.931 bits per heavy atom. The smallest absolute Gasteiger partial charge is 0.326 e. The molecule has 166 valence electrons. The molecule has 0 aliphatic carbocycles. The van der Waals surface area contributed by atoms with Crippen molar-refractivity contribution in [3.05, 3.63) is 0 Å². The second-order valence-electron chi connectivity index (χ2n) is 6.59. The third-order valence-electron chi connectivity index (χ3n) is 3.86. The van der Waals surface area contributed by atoms with Crippen molar-refractivity contribution in [2.75, 3.05) is 12.4 Å². The van der Waals surface area contributed by atoms with E-state index in [1.165, 1.54) is 0 Å². The lowest BCUT2D eigenvalue weighted by Crippen LogP contribution is -2.58. The molecule has 0 bridgehead atoms. The van der Waals surface area contributed by atoms with Crippen molar-refractivity contribution in [1.29, 1.82) is 0 Å². The number of nitrogens with one attached hydrogen (secondary N) is 3. The molecule has 3 amide bonds. The molecule has 4 unspecified atom stereocenters. The maximum absolute atomic E-state index is 12.4. The zero-order valence-electron chi connectivity index (χ0n) is 16.1. The van der Waals surface area contributed by atoms with Crippen molar-refractivity contribution in [3.63, 3.8) is 0 Å². The molecule has 0 saturated heterocycles. The van der Waals surface area contributed by atoms with Crippen LogP contribution in [-0.2, 0) is 24.0 Å². The second kappa shape index (κ2) is 13.0. The molecule has 8 N–H and O–H groups in total. The van der Waals surface area contributed by atoms with Gasteiger partial charge in [-0.05, 0) is 12.3 Å². The first kappa shape index (κ1) is 26.6. The van der Waals surface area contributed by atoms with E-state index in [2.05, 4.69) is 28.6 Å². The van der Waals surface area contributed by atoms with Gasteiger partial charge in [-0.2, -0.15) is 12.6 Å². The van der Waals surface area contributed by atoms with Crippen LogP contribution in [0.4, 0.5) is 0 Å². The maximum atomic E-state index is 12.4. The SMILES string of the molecule is CC(C)C(NC(=O)C(CCC(=O)O)NC(=O)C(CO)NC(=O)C(N)CS)C(=O)O. The molecule has 0 rings (SSSR count). The zero-order chi connectivity index (χ0) is 22.7. The van der Waals surface area contributed by atoms with Gasteiger partial charge in [0.15, 0.2) is 0 Å². The number of carboxylic acid groups (broad SMARTS) is 2. The molecule has 0 aromatic heterocycles. The summed E-state index contributed by atoms with van der Waals surface area (Å²) in [6.45, 7) is 2.31. The molecule has 0 fully saturated rings. The Labute approximate surface area is 173 Å². The first-order valence-electron chi connectivity index (χ1n) is 8.77. The minimum Gasteiger partial charge on any atom is -0.481 e. The van der Waals surface area contributed by atoms with Crippen LogP contribution in [-0.4, -0.2) is 81.5 Å². The highest BCUT2D eigenvalue weighted by Crippen LogP contribution is 2.05. The standard InChI is InChI=1S/C16H28N4O8S/c1-7(2)12(16(27)28)20-14(25)9(3-4-11(22)23)18-15(26)10(5-21)19-13(24)8(17)6-29/h7-10,12,21,29H,3-6,17H2,1-2H3,(H,18,26)(H,19,24)(H,20,25)(H,22,23)(H,27,28). The Kier molecular flexibility index (Phi) is 11.9. The summed E-state index contributed by atoms with van der Waals surface area (Å²) >= 11 is 3.85. The molecular formula is C16H28N4O8S. The molecule has 0 radical (unpaired) electrons. The number of hydrogen-bond donors (Lipinski definition) is 8. The quantitative estimate of drug-likeness (QED) is 0.141. The number of carbonyl (C=O) groups is 5. The van der Waals surface area contributed by atoms with Gasteiger partial charge in [0.25, 0.3) is 0 Å². The Bertz CT molecular complexity index is 616. The van der Waals surface area contributed by atoms with Gasteiger partial charge in [0.2, 0.25) is 17.7 Å². The fourth-order valence-electron chi connectivity index (χ4n) is 2.13. The first-order valence-corrected chi connectivity index (χ1v) is 9.40. The van der Waals surface area contributed by atoms with Gasteiger partial charge >= 0.3 is 11.9 Å². The summed E-state index contributed by atoms with van der Waals surface area (Å²) in [5, 5.41) is 34.0. The lowest BCUT2D eigenvalue weighted by molar-refractivity contribution is -0.144. The number of amides is 3. The average molecular weight is 436 g/mol. The van der Waals surface area contributed by atoms with Crippen LogP contribution in [0.3, 0.4) is 0 Å². The van der Waals surface area contributed by atoms with E-state index in [0.717, 1.165) is 0 Å². The molecule has 0 saturated carbocycles. The number of nitrogens with two attached hydrogens (primary N) is 1. The molecule has 29 heavy (non-hydrogen) atoms. The molecule has 0 aliphatic rings. The molecular weight excluding hydrogens is 408 g/mol. The largest absolute Gasteiger partial charge is 0.481 e. The topological polar surface area (TPSA) is 208 Å².